The van der Waals surface area contributed by atoms with Crippen molar-refractivity contribution in [2.45, 2.75) is 37.9 Å². The molecule has 1 N–H and O–H groups in total. The molecule has 0 aromatic carbocycles. The fraction of sp³-hybridized carbons (Fsp3) is 0.400. The van der Waals surface area contributed by atoms with Crippen molar-refractivity contribution < 1.29 is 31.5 Å². The van der Waals surface area contributed by atoms with Crippen LogP contribution in [0.5, 0.6) is 5.88 Å². The summed E-state index contributed by atoms with van der Waals surface area (Å²) >= 11 is 0. The van der Waals surface area contributed by atoms with E-state index in [1.54, 1.807) is 16.9 Å². The van der Waals surface area contributed by atoms with Crippen molar-refractivity contribution in [3.05, 3.63) is 42.4 Å². The molecule has 1 fully saturated rings. The predicted molar refractivity (Wildman–Crippen MR) is 103 cm³/mol. The third-order valence-electron chi connectivity index (χ3n) is 4.87. The molecule has 1 aliphatic carbocycles. The molecule has 1 saturated carbocycles. The fourth-order valence-corrected chi connectivity index (χ4v) is 2.96. The van der Waals surface area contributed by atoms with Crippen LogP contribution in [0.1, 0.15) is 24.8 Å². The molecule has 7 nitrogen and oxygen atoms in total. The zero-order valence-electron chi connectivity index (χ0n) is 16.6. The second-order valence-electron chi connectivity index (χ2n) is 7.61. The Morgan fingerprint density at radius 3 is 2.59 bits per heavy atom. The Labute approximate surface area is 178 Å². The Morgan fingerprint density at radius 1 is 1.16 bits per heavy atom. The molecule has 0 bridgehead atoms. The largest absolute Gasteiger partial charge is 0.471 e. The predicted octanol–water partition coefficient (Wildman–Crippen LogP) is 4.19. The minimum atomic E-state index is -5.69. The second-order valence-corrected chi connectivity index (χ2v) is 7.61. The highest BCUT2D eigenvalue weighted by molar-refractivity contribution is 5.99. The standard InChI is InChI=1S/C20H18F5N5O2/c21-19(22,20(23,24)25)11-32-17-4-3-13(8-27-17)9-30-10-14-15(29-30)5-6-26-18(14)28-16(31)7-12-1-2-12/h3-6,8,10,12H,1-2,7,9,11H2,(H,26,28,31). The fourth-order valence-electron chi connectivity index (χ4n) is 2.96. The van der Waals surface area contributed by atoms with E-state index in [0.29, 0.717) is 34.6 Å². The monoisotopic (exact) mass is 455 g/mol. The summed E-state index contributed by atoms with van der Waals surface area (Å²) in [7, 11) is 0. The summed E-state index contributed by atoms with van der Waals surface area (Å²) in [6, 6.07) is 4.38. The lowest BCUT2D eigenvalue weighted by atomic mass is 10.2. The van der Waals surface area contributed by atoms with Gasteiger partial charge in [-0.2, -0.15) is 27.1 Å². The van der Waals surface area contributed by atoms with Crippen LogP contribution in [0.3, 0.4) is 0 Å². The molecule has 3 aromatic rings. The van der Waals surface area contributed by atoms with Crippen molar-refractivity contribution >= 4 is 22.6 Å². The summed E-state index contributed by atoms with van der Waals surface area (Å²) in [5.74, 6) is -4.57. The molecular formula is C20H18F5N5O2. The summed E-state index contributed by atoms with van der Waals surface area (Å²) in [4.78, 5) is 20.1. The molecule has 3 aromatic heterocycles. The van der Waals surface area contributed by atoms with E-state index in [4.69, 9.17) is 0 Å². The van der Waals surface area contributed by atoms with Gasteiger partial charge in [-0.15, -0.1) is 0 Å². The number of hydrogen-bond donors (Lipinski definition) is 1. The molecule has 0 unspecified atom stereocenters. The lowest BCUT2D eigenvalue weighted by molar-refractivity contribution is -0.290. The third kappa shape index (κ3) is 5.11. The Balaban J connectivity index is 1.41. The number of aromatic nitrogens is 4. The topological polar surface area (TPSA) is 81.9 Å². The minimum absolute atomic E-state index is 0.101. The van der Waals surface area contributed by atoms with Crippen LogP contribution in [0.25, 0.3) is 10.9 Å². The van der Waals surface area contributed by atoms with E-state index in [2.05, 4.69) is 25.1 Å². The maximum Gasteiger partial charge on any atom is 0.456 e. The number of nitrogens with zero attached hydrogens (tertiary/aromatic N) is 4. The summed E-state index contributed by atoms with van der Waals surface area (Å²) in [5.41, 5.74) is 1.23. The molecule has 32 heavy (non-hydrogen) atoms. The number of anilines is 1. The maximum atomic E-state index is 12.9. The number of hydrogen-bond acceptors (Lipinski definition) is 5. The van der Waals surface area contributed by atoms with Gasteiger partial charge in [-0.3, -0.25) is 9.48 Å². The lowest BCUT2D eigenvalue weighted by Gasteiger charge is -2.19. The van der Waals surface area contributed by atoms with Gasteiger partial charge in [-0.1, -0.05) is 6.07 Å². The highest BCUT2D eigenvalue weighted by Crippen LogP contribution is 2.35. The Bertz CT molecular complexity index is 1110. The maximum absolute atomic E-state index is 12.9. The van der Waals surface area contributed by atoms with E-state index in [-0.39, 0.29) is 18.3 Å². The Morgan fingerprint density at radius 2 is 1.94 bits per heavy atom. The molecule has 0 spiro atoms. The van der Waals surface area contributed by atoms with E-state index >= 15 is 0 Å². The first-order valence-corrected chi connectivity index (χ1v) is 9.75. The van der Waals surface area contributed by atoms with E-state index in [0.717, 1.165) is 12.8 Å². The van der Waals surface area contributed by atoms with Crippen LogP contribution in [-0.4, -0.2) is 44.4 Å². The molecule has 0 aliphatic heterocycles. The number of rotatable bonds is 8. The summed E-state index contributed by atoms with van der Waals surface area (Å²) in [6.45, 7) is -1.61. The number of halogens is 5. The SMILES string of the molecule is O=C(CC1CC1)Nc1nccc2nn(Cc3ccc(OCC(F)(F)C(F)(F)F)nc3)cc12. The Hall–Kier alpha value is -3.31. The van der Waals surface area contributed by atoms with Crippen LogP contribution >= 0.6 is 0 Å². The number of carbonyl (C=O) groups is 1. The Kier molecular flexibility index (Phi) is 5.70. The quantitative estimate of drug-likeness (QED) is 0.515. The molecule has 1 amide bonds. The van der Waals surface area contributed by atoms with Gasteiger partial charge in [0.25, 0.3) is 0 Å². The van der Waals surface area contributed by atoms with Gasteiger partial charge in [0.15, 0.2) is 6.61 Å². The van der Waals surface area contributed by atoms with Crippen LogP contribution in [-0.2, 0) is 11.3 Å². The van der Waals surface area contributed by atoms with E-state index in [9.17, 15) is 26.7 Å². The molecular weight excluding hydrogens is 437 g/mol. The number of ether oxygens (including phenoxy) is 1. The van der Waals surface area contributed by atoms with Crippen LogP contribution in [0, 0.1) is 5.92 Å². The van der Waals surface area contributed by atoms with Gasteiger partial charge in [0, 0.05) is 31.1 Å². The van der Waals surface area contributed by atoms with Gasteiger partial charge < -0.3 is 10.1 Å². The van der Waals surface area contributed by atoms with Crippen molar-refractivity contribution in [3.8, 4) is 5.88 Å². The van der Waals surface area contributed by atoms with E-state index in [1.807, 2.05) is 0 Å². The van der Waals surface area contributed by atoms with Gasteiger partial charge >= 0.3 is 12.1 Å². The summed E-state index contributed by atoms with van der Waals surface area (Å²) in [6.07, 6.45) is 1.42. The number of pyridine rings is 2. The molecule has 4 rings (SSSR count). The average molecular weight is 455 g/mol. The highest BCUT2D eigenvalue weighted by Gasteiger charge is 2.58. The molecule has 1 aliphatic rings. The molecule has 0 atom stereocenters. The minimum Gasteiger partial charge on any atom is -0.471 e. The first kappa shape index (κ1) is 21.9. The zero-order chi connectivity index (χ0) is 22.9. The van der Waals surface area contributed by atoms with Crippen molar-refractivity contribution in [2.24, 2.45) is 5.92 Å². The summed E-state index contributed by atoms with van der Waals surface area (Å²) in [5, 5.41) is 7.87. The van der Waals surface area contributed by atoms with Crippen molar-refractivity contribution in [1.82, 2.24) is 19.7 Å². The molecule has 0 radical (unpaired) electrons. The zero-order valence-corrected chi connectivity index (χ0v) is 16.6. The van der Waals surface area contributed by atoms with Gasteiger partial charge in [0.2, 0.25) is 11.8 Å². The normalized spacial score (nSPS) is 14.5. The van der Waals surface area contributed by atoms with E-state index < -0.39 is 18.7 Å². The second kappa shape index (κ2) is 8.32. The molecule has 3 heterocycles. The number of carbonyl (C=O) groups excluding carboxylic acids is 1. The molecule has 0 saturated heterocycles. The van der Waals surface area contributed by atoms with Gasteiger partial charge in [0.1, 0.15) is 5.82 Å². The number of fused-ring (bicyclic) bond motifs is 1. The molecule has 170 valence electrons. The lowest BCUT2D eigenvalue weighted by Crippen LogP contribution is -2.41. The smallest absolute Gasteiger partial charge is 0.456 e. The van der Waals surface area contributed by atoms with Crippen molar-refractivity contribution in [3.63, 3.8) is 0 Å². The first-order valence-electron chi connectivity index (χ1n) is 9.75. The van der Waals surface area contributed by atoms with Crippen molar-refractivity contribution in [2.75, 3.05) is 11.9 Å². The van der Waals surface area contributed by atoms with Crippen LogP contribution in [0.4, 0.5) is 27.8 Å². The van der Waals surface area contributed by atoms with Crippen LogP contribution in [0.2, 0.25) is 0 Å². The average Bonchev–Trinajstić information content (AvgIpc) is 3.43. The van der Waals surface area contributed by atoms with Gasteiger partial charge in [0.05, 0.1) is 17.4 Å². The van der Waals surface area contributed by atoms with Crippen LogP contribution in [0.15, 0.2) is 36.8 Å². The van der Waals surface area contributed by atoms with Crippen molar-refractivity contribution in [1.29, 1.82) is 0 Å². The van der Waals surface area contributed by atoms with Gasteiger partial charge in [-0.25, -0.2) is 9.97 Å². The van der Waals surface area contributed by atoms with Crippen LogP contribution < -0.4 is 10.1 Å². The van der Waals surface area contributed by atoms with Gasteiger partial charge in [-0.05, 0) is 30.4 Å². The molecule has 12 heteroatoms. The third-order valence-corrected chi connectivity index (χ3v) is 4.87. The first-order chi connectivity index (χ1) is 15.1. The highest BCUT2D eigenvalue weighted by atomic mass is 19.4. The number of nitrogens with one attached hydrogen (secondary N) is 1. The summed E-state index contributed by atoms with van der Waals surface area (Å²) < 4.78 is 68.5. The number of amides is 1. The van der Waals surface area contributed by atoms with E-state index in [1.165, 1.54) is 24.5 Å². The number of alkyl halides is 5.